The molecule has 3 aromatic rings. The van der Waals surface area contributed by atoms with Crippen LogP contribution in [0.15, 0.2) is 47.8 Å². The number of para-hydroxylation sites is 1. The summed E-state index contributed by atoms with van der Waals surface area (Å²) in [6, 6.07) is 10.0. The Hall–Kier alpha value is -3.20. The van der Waals surface area contributed by atoms with Crippen molar-refractivity contribution in [3.05, 3.63) is 80.2 Å². The van der Waals surface area contributed by atoms with Crippen molar-refractivity contribution in [1.82, 2.24) is 9.88 Å². The van der Waals surface area contributed by atoms with E-state index in [0.717, 1.165) is 30.0 Å². The van der Waals surface area contributed by atoms with E-state index in [1.807, 2.05) is 5.38 Å². The minimum absolute atomic E-state index is 0.0250. The number of nitro benzene ring substituents is 1. The van der Waals surface area contributed by atoms with Crippen molar-refractivity contribution < 1.29 is 18.5 Å². The molecule has 0 radical (unpaired) electrons. The molecule has 1 aromatic heterocycles. The van der Waals surface area contributed by atoms with Crippen LogP contribution in [0.4, 0.5) is 14.5 Å². The summed E-state index contributed by atoms with van der Waals surface area (Å²) in [4.78, 5) is 29.8. The van der Waals surface area contributed by atoms with Gasteiger partial charge in [0.25, 0.3) is 5.69 Å². The van der Waals surface area contributed by atoms with Crippen LogP contribution >= 0.6 is 11.3 Å². The number of likely N-dealkylation sites (tertiary alicyclic amines) is 1. The molecule has 6 nitrogen and oxygen atoms in total. The van der Waals surface area contributed by atoms with E-state index in [9.17, 15) is 23.7 Å². The normalized spacial score (nSPS) is 14.6. The van der Waals surface area contributed by atoms with E-state index >= 15 is 0 Å². The topological polar surface area (TPSA) is 76.3 Å². The molecule has 1 amide bonds. The third-order valence-corrected chi connectivity index (χ3v) is 6.44. The Bertz CT molecular complexity index is 1130. The average Bonchev–Trinajstić information content (AvgIpc) is 3.26. The van der Waals surface area contributed by atoms with Gasteiger partial charge in [0.15, 0.2) is 11.6 Å². The zero-order valence-electron chi connectivity index (χ0n) is 16.5. The predicted octanol–water partition coefficient (Wildman–Crippen LogP) is 4.95. The third kappa shape index (κ3) is 4.61. The SMILES string of the molecule is O=C(Cc1ccc(F)c(F)c1)N1CCC(c2nc(-c3ccccc3[N+](=O)[O-])cs2)CC1. The fourth-order valence-corrected chi connectivity index (χ4v) is 4.75. The number of carbonyl (C=O) groups excluding carboxylic acids is 1. The van der Waals surface area contributed by atoms with Gasteiger partial charge in [0.1, 0.15) is 0 Å². The highest BCUT2D eigenvalue weighted by Crippen LogP contribution is 2.35. The van der Waals surface area contributed by atoms with E-state index in [1.54, 1.807) is 23.1 Å². The number of piperidine rings is 1. The second-order valence-electron chi connectivity index (χ2n) is 7.43. The molecule has 0 N–H and O–H groups in total. The van der Waals surface area contributed by atoms with E-state index in [-0.39, 0.29) is 23.9 Å². The molecule has 160 valence electrons. The summed E-state index contributed by atoms with van der Waals surface area (Å²) >= 11 is 1.47. The van der Waals surface area contributed by atoms with Crippen LogP contribution in [-0.4, -0.2) is 33.8 Å². The van der Waals surface area contributed by atoms with Gasteiger partial charge in [0.05, 0.1) is 27.6 Å². The number of carbonyl (C=O) groups is 1. The van der Waals surface area contributed by atoms with Gasteiger partial charge in [-0.25, -0.2) is 13.8 Å². The lowest BCUT2D eigenvalue weighted by molar-refractivity contribution is -0.384. The van der Waals surface area contributed by atoms with Gasteiger partial charge in [-0.15, -0.1) is 11.3 Å². The molecule has 0 atom stereocenters. The Morgan fingerprint density at radius 3 is 2.61 bits per heavy atom. The minimum atomic E-state index is -0.956. The molecule has 9 heteroatoms. The van der Waals surface area contributed by atoms with Crippen molar-refractivity contribution in [2.24, 2.45) is 0 Å². The van der Waals surface area contributed by atoms with Crippen LogP contribution in [0.25, 0.3) is 11.3 Å². The number of hydrogen-bond acceptors (Lipinski definition) is 5. The highest BCUT2D eigenvalue weighted by molar-refractivity contribution is 7.10. The Balaban J connectivity index is 1.39. The Kier molecular flexibility index (Phi) is 6.03. The van der Waals surface area contributed by atoms with E-state index in [0.29, 0.717) is 29.9 Å². The second kappa shape index (κ2) is 8.89. The van der Waals surface area contributed by atoms with Gasteiger partial charge in [0, 0.05) is 30.5 Å². The quantitative estimate of drug-likeness (QED) is 0.413. The highest BCUT2D eigenvalue weighted by Gasteiger charge is 2.27. The summed E-state index contributed by atoms with van der Waals surface area (Å²) in [5, 5.41) is 14.0. The molecule has 1 saturated heterocycles. The summed E-state index contributed by atoms with van der Waals surface area (Å²) < 4.78 is 26.4. The summed E-state index contributed by atoms with van der Waals surface area (Å²) in [6.07, 6.45) is 1.49. The van der Waals surface area contributed by atoms with Crippen LogP contribution in [0.1, 0.15) is 29.3 Å². The zero-order valence-corrected chi connectivity index (χ0v) is 17.3. The molecule has 0 saturated carbocycles. The first kappa shape index (κ1) is 21.0. The first-order valence-corrected chi connectivity index (χ1v) is 10.7. The van der Waals surface area contributed by atoms with Gasteiger partial charge in [-0.2, -0.15) is 0 Å². The molecule has 1 aliphatic heterocycles. The van der Waals surface area contributed by atoms with Crippen molar-refractivity contribution >= 4 is 22.9 Å². The maximum atomic E-state index is 13.4. The minimum Gasteiger partial charge on any atom is -0.342 e. The Labute approximate surface area is 181 Å². The number of aromatic nitrogens is 1. The van der Waals surface area contributed by atoms with Gasteiger partial charge < -0.3 is 4.90 Å². The van der Waals surface area contributed by atoms with Crippen LogP contribution in [0, 0.1) is 21.7 Å². The zero-order chi connectivity index (χ0) is 22.0. The summed E-state index contributed by atoms with van der Waals surface area (Å²) in [5.74, 6) is -1.83. The van der Waals surface area contributed by atoms with E-state index in [4.69, 9.17) is 0 Å². The third-order valence-electron chi connectivity index (χ3n) is 5.43. The molecule has 4 rings (SSSR count). The lowest BCUT2D eigenvalue weighted by atomic mass is 9.97. The highest BCUT2D eigenvalue weighted by atomic mass is 32.1. The number of nitrogens with zero attached hydrogens (tertiary/aromatic N) is 3. The van der Waals surface area contributed by atoms with Crippen molar-refractivity contribution in [1.29, 1.82) is 0 Å². The van der Waals surface area contributed by atoms with Crippen LogP contribution in [0.2, 0.25) is 0 Å². The monoisotopic (exact) mass is 443 g/mol. The summed E-state index contributed by atoms with van der Waals surface area (Å²) in [7, 11) is 0. The first-order valence-electron chi connectivity index (χ1n) is 9.83. The van der Waals surface area contributed by atoms with E-state index < -0.39 is 16.6 Å². The van der Waals surface area contributed by atoms with Crippen molar-refractivity contribution in [3.63, 3.8) is 0 Å². The molecule has 31 heavy (non-hydrogen) atoms. The molecular weight excluding hydrogens is 424 g/mol. The second-order valence-corrected chi connectivity index (χ2v) is 8.32. The van der Waals surface area contributed by atoms with E-state index in [2.05, 4.69) is 4.98 Å². The number of hydrogen-bond donors (Lipinski definition) is 0. The van der Waals surface area contributed by atoms with E-state index in [1.165, 1.54) is 23.5 Å². The molecule has 2 aromatic carbocycles. The molecular formula is C22H19F2N3O3S. The number of amides is 1. The largest absolute Gasteiger partial charge is 0.342 e. The molecule has 0 aliphatic carbocycles. The van der Waals surface area contributed by atoms with Crippen LogP contribution in [0.3, 0.4) is 0 Å². The maximum Gasteiger partial charge on any atom is 0.278 e. The van der Waals surface area contributed by atoms with Crippen LogP contribution < -0.4 is 0 Å². The lowest BCUT2D eigenvalue weighted by Crippen LogP contribution is -2.38. The number of halogens is 2. The molecule has 0 spiro atoms. The maximum absolute atomic E-state index is 13.4. The number of thiazole rings is 1. The Morgan fingerprint density at radius 2 is 1.90 bits per heavy atom. The fraction of sp³-hybridized carbons (Fsp3) is 0.273. The standard InChI is InChI=1S/C22H19F2N3O3S/c23-17-6-5-14(11-18(17)24)12-21(28)26-9-7-15(8-10-26)22-25-19(13-31-22)16-3-1-2-4-20(16)27(29)30/h1-6,11,13,15H,7-10,12H2. The molecule has 2 heterocycles. The number of benzene rings is 2. The number of nitro groups is 1. The average molecular weight is 443 g/mol. The molecule has 0 unspecified atom stereocenters. The molecule has 0 bridgehead atoms. The Morgan fingerprint density at radius 1 is 1.16 bits per heavy atom. The van der Waals surface area contributed by atoms with Gasteiger partial charge in [-0.1, -0.05) is 18.2 Å². The van der Waals surface area contributed by atoms with Gasteiger partial charge in [-0.05, 0) is 36.6 Å². The van der Waals surface area contributed by atoms with Crippen molar-refractivity contribution in [2.75, 3.05) is 13.1 Å². The van der Waals surface area contributed by atoms with Crippen molar-refractivity contribution in [3.8, 4) is 11.3 Å². The summed E-state index contributed by atoms with van der Waals surface area (Å²) in [6.45, 7) is 1.10. The fourth-order valence-electron chi connectivity index (χ4n) is 3.76. The van der Waals surface area contributed by atoms with Crippen LogP contribution in [0.5, 0.6) is 0 Å². The van der Waals surface area contributed by atoms with Gasteiger partial charge in [0.2, 0.25) is 5.91 Å². The lowest BCUT2D eigenvalue weighted by Gasteiger charge is -2.31. The molecule has 1 aliphatic rings. The summed E-state index contributed by atoms with van der Waals surface area (Å²) in [5.41, 5.74) is 1.55. The van der Waals surface area contributed by atoms with Gasteiger partial charge >= 0.3 is 0 Å². The molecule has 1 fully saturated rings. The van der Waals surface area contributed by atoms with Crippen molar-refractivity contribution in [2.45, 2.75) is 25.2 Å². The predicted molar refractivity (Wildman–Crippen MR) is 113 cm³/mol. The number of rotatable bonds is 5. The smallest absolute Gasteiger partial charge is 0.278 e. The van der Waals surface area contributed by atoms with Gasteiger partial charge in [-0.3, -0.25) is 14.9 Å². The first-order chi connectivity index (χ1) is 14.9. The van der Waals surface area contributed by atoms with Crippen LogP contribution in [-0.2, 0) is 11.2 Å².